The molecule has 0 radical (unpaired) electrons. The number of benzene rings is 2. The largest absolute Gasteiger partial charge is 0.454 e. The van der Waals surface area contributed by atoms with Gasteiger partial charge in [-0.3, -0.25) is 4.79 Å². The van der Waals surface area contributed by atoms with Crippen LogP contribution in [-0.2, 0) is 6.54 Å². The lowest BCUT2D eigenvalue weighted by Crippen LogP contribution is -2.24. The fraction of sp³-hybridized carbons (Fsp3) is 0.200. The standard InChI is InChI=1S/C25H22ClN3O2S/c1-16-6-8-17(9-7-16)21-15-32-25(28-21)29(22-5-3-2-4-20(22)26)14-19-12-13-23(31-19)24(30)27-18-10-11-18/h2-9,12-13,15,18H,10-11,14H2,1H3,(H,27,30). The van der Waals surface area contributed by atoms with Crippen LogP contribution < -0.4 is 10.2 Å². The van der Waals surface area contributed by atoms with Crippen LogP contribution in [-0.4, -0.2) is 16.9 Å². The van der Waals surface area contributed by atoms with Crippen molar-refractivity contribution in [3.05, 3.63) is 88.2 Å². The Labute approximate surface area is 195 Å². The average Bonchev–Trinajstić information content (AvgIpc) is 3.27. The highest BCUT2D eigenvalue weighted by atomic mass is 35.5. The van der Waals surface area contributed by atoms with Gasteiger partial charge in [-0.1, -0.05) is 53.6 Å². The molecule has 32 heavy (non-hydrogen) atoms. The van der Waals surface area contributed by atoms with Crippen LogP contribution in [0.5, 0.6) is 0 Å². The number of hydrogen-bond donors (Lipinski definition) is 1. The van der Waals surface area contributed by atoms with Crippen molar-refractivity contribution in [1.82, 2.24) is 10.3 Å². The maximum absolute atomic E-state index is 12.3. The number of aromatic nitrogens is 1. The number of carbonyl (C=O) groups excluding carboxylic acids is 1. The molecule has 1 saturated carbocycles. The third-order valence-electron chi connectivity index (χ3n) is 5.33. The molecule has 2 aromatic heterocycles. The summed E-state index contributed by atoms with van der Waals surface area (Å²) in [7, 11) is 0. The monoisotopic (exact) mass is 463 g/mol. The number of nitrogens with zero attached hydrogens (tertiary/aromatic N) is 2. The molecule has 0 unspecified atom stereocenters. The predicted molar refractivity (Wildman–Crippen MR) is 129 cm³/mol. The number of anilines is 2. The molecule has 0 spiro atoms. The Kier molecular flexibility index (Phi) is 5.72. The molecule has 162 valence electrons. The average molecular weight is 464 g/mol. The Hall–Kier alpha value is -3.09. The van der Waals surface area contributed by atoms with Gasteiger partial charge in [0.1, 0.15) is 5.76 Å². The van der Waals surface area contributed by atoms with E-state index in [0.29, 0.717) is 23.1 Å². The van der Waals surface area contributed by atoms with E-state index in [-0.39, 0.29) is 11.9 Å². The normalized spacial score (nSPS) is 13.2. The van der Waals surface area contributed by atoms with Crippen LogP contribution in [0.15, 0.2) is 70.5 Å². The molecule has 7 heteroatoms. The van der Waals surface area contributed by atoms with E-state index in [1.54, 1.807) is 17.4 Å². The molecule has 1 fully saturated rings. The Balaban J connectivity index is 1.44. The summed E-state index contributed by atoms with van der Waals surface area (Å²) in [5.74, 6) is 0.822. The van der Waals surface area contributed by atoms with Gasteiger partial charge in [-0.2, -0.15) is 0 Å². The molecule has 4 aromatic rings. The fourth-order valence-corrected chi connectivity index (χ4v) is 4.48. The molecule has 2 aromatic carbocycles. The lowest BCUT2D eigenvalue weighted by Gasteiger charge is -2.22. The molecule has 0 atom stereocenters. The Morgan fingerprint density at radius 1 is 1.16 bits per heavy atom. The van der Waals surface area contributed by atoms with Crippen LogP contribution in [0.25, 0.3) is 11.3 Å². The minimum absolute atomic E-state index is 0.168. The van der Waals surface area contributed by atoms with E-state index in [1.807, 2.05) is 40.6 Å². The van der Waals surface area contributed by atoms with E-state index < -0.39 is 0 Å². The maximum Gasteiger partial charge on any atom is 0.287 e. The van der Waals surface area contributed by atoms with E-state index in [1.165, 1.54) is 5.56 Å². The third-order valence-corrected chi connectivity index (χ3v) is 6.51. The summed E-state index contributed by atoms with van der Waals surface area (Å²) in [5.41, 5.74) is 4.01. The highest BCUT2D eigenvalue weighted by Crippen LogP contribution is 2.37. The van der Waals surface area contributed by atoms with Crippen LogP contribution in [0.2, 0.25) is 5.02 Å². The first-order chi connectivity index (χ1) is 15.6. The number of amides is 1. The first-order valence-electron chi connectivity index (χ1n) is 10.5. The first kappa shape index (κ1) is 20.8. The van der Waals surface area contributed by atoms with Crippen LogP contribution in [0.1, 0.15) is 34.7 Å². The van der Waals surface area contributed by atoms with Crippen molar-refractivity contribution in [3.63, 3.8) is 0 Å². The summed E-state index contributed by atoms with van der Waals surface area (Å²) in [4.78, 5) is 19.2. The van der Waals surface area contributed by atoms with Gasteiger partial charge in [0, 0.05) is 17.0 Å². The highest BCUT2D eigenvalue weighted by molar-refractivity contribution is 7.14. The second kappa shape index (κ2) is 8.81. The summed E-state index contributed by atoms with van der Waals surface area (Å²) in [5, 5.41) is 6.42. The van der Waals surface area contributed by atoms with Gasteiger partial charge >= 0.3 is 0 Å². The molecular weight excluding hydrogens is 442 g/mol. The molecule has 1 aliphatic carbocycles. The van der Waals surface area contributed by atoms with E-state index in [0.717, 1.165) is 34.9 Å². The Bertz CT molecular complexity index is 1240. The van der Waals surface area contributed by atoms with Crippen molar-refractivity contribution in [3.8, 4) is 11.3 Å². The van der Waals surface area contributed by atoms with Crippen LogP contribution in [0, 0.1) is 6.92 Å². The SMILES string of the molecule is Cc1ccc(-c2csc(N(Cc3ccc(C(=O)NC4CC4)o3)c3ccccc3Cl)n2)cc1. The van der Waals surface area contributed by atoms with Gasteiger partial charge in [0.15, 0.2) is 10.9 Å². The van der Waals surface area contributed by atoms with Gasteiger partial charge in [-0.25, -0.2) is 4.98 Å². The summed E-state index contributed by atoms with van der Waals surface area (Å²) in [6, 6.07) is 19.8. The predicted octanol–water partition coefficient (Wildman–Crippen LogP) is 6.60. The molecule has 5 nitrogen and oxygen atoms in total. The number of hydrogen-bond acceptors (Lipinski definition) is 5. The Morgan fingerprint density at radius 2 is 1.94 bits per heavy atom. The number of aryl methyl sites for hydroxylation is 1. The van der Waals surface area contributed by atoms with Gasteiger partial charge in [0.25, 0.3) is 5.91 Å². The van der Waals surface area contributed by atoms with Crippen molar-refractivity contribution in [2.45, 2.75) is 32.4 Å². The zero-order valence-electron chi connectivity index (χ0n) is 17.5. The number of rotatable bonds is 7. The summed E-state index contributed by atoms with van der Waals surface area (Å²) in [6.07, 6.45) is 2.07. The van der Waals surface area contributed by atoms with Crippen molar-refractivity contribution in [1.29, 1.82) is 0 Å². The van der Waals surface area contributed by atoms with E-state index in [2.05, 4.69) is 36.5 Å². The first-order valence-corrected chi connectivity index (χ1v) is 11.8. The summed E-state index contributed by atoms with van der Waals surface area (Å²) in [6.45, 7) is 2.47. The molecule has 1 amide bonds. The molecule has 1 aliphatic rings. The summed E-state index contributed by atoms with van der Waals surface area (Å²) >= 11 is 8.08. The highest BCUT2D eigenvalue weighted by Gasteiger charge is 2.25. The zero-order chi connectivity index (χ0) is 22.1. The van der Waals surface area contributed by atoms with Gasteiger partial charge in [0.2, 0.25) is 0 Å². The number of halogens is 1. The number of carbonyl (C=O) groups is 1. The van der Waals surface area contributed by atoms with E-state index in [4.69, 9.17) is 21.0 Å². The minimum Gasteiger partial charge on any atom is -0.454 e. The molecule has 0 aliphatic heterocycles. The van der Waals surface area contributed by atoms with E-state index in [9.17, 15) is 4.79 Å². The second-order valence-corrected chi connectivity index (χ2v) is 9.18. The minimum atomic E-state index is -0.168. The van der Waals surface area contributed by atoms with Crippen molar-refractivity contribution in [2.24, 2.45) is 0 Å². The van der Waals surface area contributed by atoms with Crippen molar-refractivity contribution in [2.75, 3.05) is 4.90 Å². The summed E-state index contributed by atoms with van der Waals surface area (Å²) < 4.78 is 5.87. The third kappa shape index (κ3) is 4.56. The molecule has 0 saturated heterocycles. The number of furan rings is 1. The second-order valence-electron chi connectivity index (χ2n) is 7.93. The lowest BCUT2D eigenvalue weighted by molar-refractivity contribution is 0.0921. The molecular formula is C25H22ClN3O2S. The zero-order valence-corrected chi connectivity index (χ0v) is 19.1. The fourth-order valence-electron chi connectivity index (χ4n) is 3.40. The van der Waals surface area contributed by atoms with Gasteiger partial charge in [-0.15, -0.1) is 11.3 Å². The molecule has 0 bridgehead atoms. The van der Waals surface area contributed by atoms with Crippen LogP contribution in [0.3, 0.4) is 0 Å². The van der Waals surface area contributed by atoms with Gasteiger partial charge < -0.3 is 14.6 Å². The maximum atomic E-state index is 12.3. The van der Waals surface area contributed by atoms with Gasteiger partial charge in [0.05, 0.1) is 22.9 Å². The molecule has 1 N–H and O–H groups in total. The lowest BCUT2D eigenvalue weighted by atomic mass is 10.1. The van der Waals surface area contributed by atoms with Crippen LogP contribution in [0.4, 0.5) is 10.8 Å². The number of thiazole rings is 1. The molecule has 2 heterocycles. The van der Waals surface area contributed by atoms with Crippen molar-refractivity contribution >= 4 is 39.7 Å². The molecule has 5 rings (SSSR count). The van der Waals surface area contributed by atoms with E-state index >= 15 is 0 Å². The topological polar surface area (TPSA) is 58.4 Å². The van der Waals surface area contributed by atoms with Crippen molar-refractivity contribution < 1.29 is 9.21 Å². The quantitative estimate of drug-likeness (QED) is 0.335. The number of para-hydroxylation sites is 1. The Morgan fingerprint density at radius 3 is 2.69 bits per heavy atom. The smallest absolute Gasteiger partial charge is 0.287 e. The number of nitrogens with one attached hydrogen (secondary N) is 1. The van der Waals surface area contributed by atoms with Crippen LogP contribution >= 0.6 is 22.9 Å². The van der Waals surface area contributed by atoms with Gasteiger partial charge in [-0.05, 0) is 44.0 Å².